The molecule has 276 valence electrons. The molecule has 7 N–H and O–H groups in total. The van der Waals surface area contributed by atoms with Crippen molar-refractivity contribution in [1.29, 1.82) is 0 Å². The third-order valence-corrected chi connectivity index (χ3v) is 10.4. The van der Waals surface area contributed by atoms with Crippen LogP contribution in [-0.4, -0.2) is 6.67 Å². The van der Waals surface area contributed by atoms with E-state index in [9.17, 15) is 0 Å². The van der Waals surface area contributed by atoms with E-state index in [0.717, 1.165) is 28.1 Å². The van der Waals surface area contributed by atoms with E-state index in [1.54, 1.807) is 0 Å². The van der Waals surface area contributed by atoms with Crippen LogP contribution in [0.5, 0.6) is 0 Å². The van der Waals surface area contributed by atoms with Crippen LogP contribution in [-0.2, 0) is 13.1 Å². The van der Waals surface area contributed by atoms with Crippen molar-refractivity contribution in [2.75, 3.05) is 12.4 Å². The van der Waals surface area contributed by atoms with E-state index in [2.05, 4.69) is 186 Å². The summed E-state index contributed by atoms with van der Waals surface area (Å²) in [6, 6.07) is 65.7. The first kappa shape index (κ1) is 36.5. The van der Waals surface area contributed by atoms with Gasteiger partial charge in [-0.3, -0.25) is 5.32 Å². The first-order valence-corrected chi connectivity index (χ1v) is 19.3. The van der Waals surface area contributed by atoms with Gasteiger partial charge in [-0.2, -0.15) is 0 Å². The minimum absolute atomic E-state index is 0.0184. The number of anilines is 1. The van der Waals surface area contributed by atoms with Gasteiger partial charge in [0.25, 0.3) is 0 Å². The van der Waals surface area contributed by atoms with Gasteiger partial charge in [0, 0.05) is 24.5 Å². The quantitative estimate of drug-likeness (QED) is 0.0437. The maximum atomic E-state index is 6.86. The van der Waals surface area contributed by atoms with Crippen LogP contribution in [0, 0.1) is 0 Å². The summed E-state index contributed by atoms with van der Waals surface area (Å²) < 4.78 is 0. The lowest BCUT2D eigenvalue weighted by Gasteiger charge is -2.22. The largest absolute Gasteiger partial charge is 0.398 e. The van der Waals surface area contributed by atoms with Crippen molar-refractivity contribution in [2.24, 2.45) is 5.73 Å². The molecule has 8 aromatic carbocycles. The molecule has 2 atom stereocenters. The fourth-order valence-electron chi connectivity index (χ4n) is 7.44. The molecule has 8 aromatic rings. The third-order valence-electron chi connectivity index (χ3n) is 10.4. The zero-order valence-corrected chi connectivity index (χ0v) is 31.4. The van der Waals surface area contributed by atoms with Crippen LogP contribution < -0.4 is 27.4 Å². The van der Waals surface area contributed by atoms with Crippen LogP contribution in [0.15, 0.2) is 194 Å². The standard InChI is InChI=1S/C51H47N5/c52-48-23-9-8-22-47(48)51(40-16-2-1-3-17-40)55-34-37-13-11-21-42(29-37)41-20-10-12-36(28-41)33-54-35-56-50(46-27-25-39-15-5-7-19-44(39)31-46)32-49(53)45-26-24-38-14-4-6-18-43(38)30-45/h1-32,49,51,54-56H,33-35,52-53H2/b50-32-. The van der Waals surface area contributed by atoms with E-state index in [-0.39, 0.29) is 12.1 Å². The summed E-state index contributed by atoms with van der Waals surface area (Å²) in [4.78, 5) is 0. The van der Waals surface area contributed by atoms with Crippen molar-refractivity contribution >= 4 is 32.9 Å². The predicted molar refractivity (Wildman–Crippen MR) is 236 cm³/mol. The van der Waals surface area contributed by atoms with Gasteiger partial charge in [0.05, 0.1) is 18.8 Å². The summed E-state index contributed by atoms with van der Waals surface area (Å²) in [5, 5.41) is 15.9. The Balaban J connectivity index is 0.950. The number of hydrogen-bond donors (Lipinski definition) is 5. The second-order valence-electron chi connectivity index (χ2n) is 14.3. The van der Waals surface area contributed by atoms with Gasteiger partial charge < -0.3 is 22.1 Å². The van der Waals surface area contributed by atoms with E-state index in [0.29, 0.717) is 19.8 Å². The summed E-state index contributed by atoms with van der Waals surface area (Å²) in [5.74, 6) is 0. The molecule has 0 aliphatic heterocycles. The highest BCUT2D eigenvalue weighted by Crippen LogP contribution is 2.29. The SMILES string of the molecule is Nc1ccccc1C(NCc1cccc(-c2cccc(CNCN/C(=C\C(N)c3ccc4ccccc4c3)c3ccc4ccccc4c3)c2)c1)c1ccccc1. The van der Waals surface area contributed by atoms with Gasteiger partial charge in [0.15, 0.2) is 0 Å². The number of nitrogens with one attached hydrogen (secondary N) is 3. The average molecular weight is 730 g/mol. The molecule has 0 amide bonds. The van der Waals surface area contributed by atoms with Crippen LogP contribution in [0.25, 0.3) is 38.4 Å². The van der Waals surface area contributed by atoms with Crippen molar-refractivity contribution in [3.8, 4) is 11.1 Å². The second-order valence-corrected chi connectivity index (χ2v) is 14.3. The smallest absolute Gasteiger partial charge is 0.0655 e. The van der Waals surface area contributed by atoms with Crippen molar-refractivity contribution in [2.45, 2.75) is 25.2 Å². The Labute approximate surface area is 329 Å². The molecular formula is C51H47N5. The molecule has 0 aliphatic carbocycles. The number of para-hydroxylation sites is 1. The zero-order chi connectivity index (χ0) is 38.1. The fraction of sp³-hybridized carbons (Fsp3) is 0.0980. The highest BCUT2D eigenvalue weighted by atomic mass is 15.1. The van der Waals surface area contributed by atoms with Gasteiger partial charge in [0.1, 0.15) is 0 Å². The summed E-state index contributed by atoms with van der Waals surface area (Å²) in [5.41, 5.74) is 24.3. The first-order valence-electron chi connectivity index (χ1n) is 19.3. The van der Waals surface area contributed by atoms with E-state index >= 15 is 0 Å². The van der Waals surface area contributed by atoms with Crippen molar-refractivity contribution in [1.82, 2.24) is 16.0 Å². The van der Waals surface area contributed by atoms with Gasteiger partial charge in [-0.25, -0.2) is 0 Å². The molecule has 56 heavy (non-hydrogen) atoms. The highest BCUT2D eigenvalue weighted by Gasteiger charge is 2.16. The van der Waals surface area contributed by atoms with Gasteiger partial charge in [-0.1, -0.05) is 158 Å². The van der Waals surface area contributed by atoms with Crippen molar-refractivity contribution in [3.05, 3.63) is 228 Å². The Morgan fingerprint density at radius 2 is 1.12 bits per heavy atom. The molecule has 0 saturated carbocycles. The van der Waals surface area contributed by atoms with Crippen LogP contribution in [0.1, 0.15) is 45.5 Å². The number of benzene rings is 8. The van der Waals surface area contributed by atoms with Gasteiger partial charge in [0.2, 0.25) is 0 Å². The lowest BCUT2D eigenvalue weighted by molar-refractivity contribution is 0.606. The summed E-state index contributed by atoms with van der Waals surface area (Å²) in [7, 11) is 0. The van der Waals surface area contributed by atoms with Gasteiger partial charge >= 0.3 is 0 Å². The van der Waals surface area contributed by atoms with Crippen LogP contribution in [0.3, 0.4) is 0 Å². The molecular weight excluding hydrogens is 683 g/mol. The summed E-state index contributed by atoms with van der Waals surface area (Å²) in [6.07, 6.45) is 2.13. The topological polar surface area (TPSA) is 88.1 Å². The van der Waals surface area contributed by atoms with E-state index in [4.69, 9.17) is 11.5 Å². The van der Waals surface area contributed by atoms with E-state index in [1.807, 2.05) is 24.3 Å². The minimum atomic E-state index is -0.281. The highest BCUT2D eigenvalue weighted by molar-refractivity contribution is 5.86. The number of nitrogens with two attached hydrogens (primary N) is 2. The molecule has 0 fully saturated rings. The summed E-state index contributed by atoms with van der Waals surface area (Å²) in [6.45, 7) is 1.98. The Morgan fingerprint density at radius 1 is 0.518 bits per heavy atom. The molecule has 5 heteroatoms. The monoisotopic (exact) mass is 729 g/mol. The molecule has 8 rings (SSSR count). The maximum absolute atomic E-state index is 6.86. The van der Waals surface area contributed by atoms with Crippen LogP contribution >= 0.6 is 0 Å². The fourth-order valence-corrected chi connectivity index (χ4v) is 7.44. The molecule has 5 nitrogen and oxygen atoms in total. The molecule has 0 heterocycles. The first-order chi connectivity index (χ1) is 27.6. The van der Waals surface area contributed by atoms with Crippen molar-refractivity contribution in [3.63, 3.8) is 0 Å². The minimum Gasteiger partial charge on any atom is -0.398 e. The second kappa shape index (κ2) is 17.3. The lowest BCUT2D eigenvalue weighted by Crippen LogP contribution is -2.28. The molecule has 2 unspecified atom stereocenters. The third kappa shape index (κ3) is 8.72. The van der Waals surface area contributed by atoms with Crippen LogP contribution in [0.4, 0.5) is 5.69 Å². The van der Waals surface area contributed by atoms with E-state index < -0.39 is 0 Å². The summed E-state index contributed by atoms with van der Waals surface area (Å²) >= 11 is 0. The van der Waals surface area contributed by atoms with Gasteiger partial charge in [-0.05, 0) is 102 Å². The number of rotatable bonds is 14. The maximum Gasteiger partial charge on any atom is 0.0655 e. The Hall–Kier alpha value is -6.50. The van der Waals surface area contributed by atoms with E-state index in [1.165, 1.54) is 49.4 Å². The molecule has 0 aliphatic rings. The Bertz CT molecular complexity index is 2600. The van der Waals surface area contributed by atoms with Gasteiger partial charge in [-0.15, -0.1) is 0 Å². The Kier molecular flexibility index (Phi) is 11.3. The zero-order valence-electron chi connectivity index (χ0n) is 31.4. The molecule has 0 spiro atoms. The predicted octanol–water partition coefficient (Wildman–Crippen LogP) is 10.5. The lowest BCUT2D eigenvalue weighted by atomic mass is 9.96. The average Bonchev–Trinajstić information content (AvgIpc) is 3.25. The number of nitrogen functional groups attached to an aromatic ring is 1. The Morgan fingerprint density at radius 3 is 1.84 bits per heavy atom. The molecule has 0 bridgehead atoms. The van der Waals surface area contributed by atoms with Crippen molar-refractivity contribution < 1.29 is 0 Å². The molecule has 0 radical (unpaired) electrons. The molecule has 0 saturated heterocycles. The normalized spacial score (nSPS) is 12.8. The number of hydrogen-bond acceptors (Lipinski definition) is 5. The molecule has 0 aromatic heterocycles. The van der Waals surface area contributed by atoms with Crippen LogP contribution in [0.2, 0.25) is 0 Å². The number of fused-ring (bicyclic) bond motifs is 2.